The molecule has 0 amide bonds. The quantitative estimate of drug-likeness (QED) is 0.257. The highest BCUT2D eigenvalue weighted by molar-refractivity contribution is 6.33. The average Bonchev–Trinajstić information content (AvgIpc) is 2.18. The second kappa shape index (κ2) is 9.64. The third kappa shape index (κ3) is 8.26. The Morgan fingerprint density at radius 2 is 1.67 bits per heavy atom. The predicted octanol–water partition coefficient (Wildman–Crippen LogP) is 3.15. The Morgan fingerprint density at radius 3 is 2.13 bits per heavy atom. The summed E-state index contributed by atoms with van der Waals surface area (Å²) in [5, 5.41) is -0.868. The minimum absolute atomic E-state index is 0.237. The van der Waals surface area contributed by atoms with Crippen molar-refractivity contribution in [3.05, 3.63) is 0 Å². The lowest BCUT2D eigenvalue weighted by atomic mass is 10.2. The molecule has 0 aromatic heterocycles. The van der Waals surface area contributed by atoms with E-state index in [-0.39, 0.29) is 9.52 Å². The highest BCUT2D eigenvalue weighted by Gasteiger charge is 2.27. The first-order valence-corrected chi connectivity index (χ1v) is 8.94. The molecule has 0 aromatic carbocycles. The molecule has 0 spiro atoms. The number of hydrogen-bond donors (Lipinski definition) is 0. The number of ether oxygens (including phenoxy) is 2. The lowest BCUT2D eigenvalue weighted by Crippen LogP contribution is -2.29. The van der Waals surface area contributed by atoms with Gasteiger partial charge in [-0.05, 0) is 20.3 Å². The normalized spacial score (nSPS) is 12.8. The molecule has 0 atom stereocenters. The van der Waals surface area contributed by atoms with E-state index < -0.39 is 5.25 Å². The minimum Gasteiger partial charge on any atom is -0.338 e. The van der Waals surface area contributed by atoms with E-state index in [1.165, 1.54) is 18.9 Å². The summed E-state index contributed by atoms with van der Waals surface area (Å²) in [4.78, 5) is 0. The molecule has 4 heteroatoms. The molecular weight excluding hydrogens is 228 g/mol. The van der Waals surface area contributed by atoms with Crippen LogP contribution in [-0.2, 0) is 9.47 Å². The number of halogens is 1. The molecule has 0 rings (SSSR count). The summed E-state index contributed by atoms with van der Waals surface area (Å²) in [6, 6.07) is 1.44. The molecule has 0 saturated heterocycles. The summed E-state index contributed by atoms with van der Waals surface area (Å²) in [5.74, 6) is 0. The Balaban J connectivity index is 3.65. The first kappa shape index (κ1) is 15.4. The number of rotatable bonds is 10. The van der Waals surface area contributed by atoms with Crippen LogP contribution in [0.1, 0.15) is 39.5 Å². The van der Waals surface area contributed by atoms with Crippen molar-refractivity contribution in [2.24, 2.45) is 0 Å². The predicted molar refractivity (Wildman–Crippen MR) is 69.5 cm³/mol. The lowest BCUT2D eigenvalue weighted by molar-refractivity contribution is -0.176. The van der Waals surface area contributed by atoms with Crippen LogP contribution in [0.2, 0.25) is 12.6 Å². The molecule has 92 valence electrons. The van der Waals surface area contributed by atoms with Crippen molar-refractivity contribution in [1.29, 1.82) is 0 Å². The van der Waals surface area contributed by atoms with E-state index in [0.29, 0.717) is 13.2 Å². The summed E-state index contributed by atoms with van der Waals surface area (Å²) in [5.41, 5.74) is 0. The zero-order valence-electron chi connectivity index (χ0n) is 10.4. The van der Waals surface area contributed by atoms with Crippen molar-refractivity contribution in [1.82, 2.24) is 0 Å². The van der Waals surface area contributed by atoms with Crippen molar-refractivity contribution in [2.45, 2.75) is 57.4 Å². The fourth-order valence-corrected chi connectivity index (χ4v) is 2.76. The van der Waals surface area contributed by atoms with Crippen molar-refractivity contribution >= 4 is 21.1 Å². The van der Waals surface area contributed by atoms with Crippen LogP contribution in [0.25, 0.3) is 0 Å². The second-order valence-electron chi connectivity index (χ2n) is 3.69. The van der Waals surface area contributed by atoms with Crippen LogP contribution < -0.4 is 0 Å². The van der Waals surface area contributed by atoms with E-state index >= 15 is 0 Å². The van der Waals surface area contributed by atoms with Gasteiger partial charge in [0.15, 0.2) is 0 Å². The number of alkyl halides is 1. The Morgan fingerprint density at radius 1 is 1.07 bits per heavy atom. The van der Waals surface area contributed by atoms with Gasteiger partial charge < -0.3 is 9.47 Å². The molecule has 0 fully saturated rings. The maximum Gasteiger partial charge on any atom is 0.248 e. The third-order valence-corrected chi connectivity index (χ3v) is 3.91. The molecule has 0 heterocycles. The maximum absolute atomic E-state index is 6.22. The summed E-state index contributed by atoms with van der Waals surface area (Å²) in [6.45, 7) is 7.45. The summed E-state index contributed by atoms with van der Waals surface area (Å²) in [6.07, 6.45) is 4.48. The standard InChI is InChI=1S/C11H25ClO2Si/c1-4-13-11(12,14-5-2)9-7-6-8-10-15-3/h4-10,15H2,1-3H3. The summed E-state index contributed by atoms with van der Waals surface area (Å²) in [7, 11) is 0.237. The van der Waals surface area contributed by atoms with E-state index in [1.807, 2.05) is 13.8 Å². The molecule has 0 bridgehead atoms. The summed E-state index contributed by atoms with van der Waals surface area (Å²) >= 11 is 6.22. The van der Waals surface area contributed by atoms with E-state index in [0.717, 1.165) is 12.8 Å². The molecule has 0 saturated carbocycles. The van der Waals surface area contributed by atoms with Crippen LogP contribution in [0.5, 0.6) is 0 Å². The topological polar surface area (TPSA) is 18.5 Å². The highest BCUT2D eigenvalue weighted by Crippen LogP contribution is 2.26. The van der Waals surface area contributed by atoms with Gasteiger partial charge >= 0.3 is 0 Å². The van der Waals surface area contributed by atoms with Gasteiger partial charge in [0, 0.05) is 29.2 Å². The Bertz CT molecular complexity index is 139. The number of unbranched alkanes of at least 4 members (excludes halogenated alkanes) is 2. The molecule has 15 heavy (non-hydrogen) atoms. The Labute approximate surface area is 101 Å². The van der Waals surface area contributed by atoms with Gasteiger partial charge in [0.25, 0.3) is 0 Å². The van der Waals surface area contributed by atoms with E-state index in [9.17, 15) is 0 Å². The monoisotopic (exact) mass is 252 g/mol. The van der Waals surface area contributed by atoms with E-state index in [1.54, 1.807) is 0 Å². The third-order valence-electron chi connectivity index (χ3n) is 2.30. The molecule has 2 nitrogen and oxygen atoms in total. The van der Waals surface area contributed by atoms with Crippen molar-refractivity contribution in [2.75, 3.05) is 13.2 Å². The molecule has 0 aliphatic heterocycles. The van der Waals surface area contributed by atoms with E-state index in [2.05, 4.69) is 6.55 Å². The Hall–Kier alpha value is 0.427. The number of hydrogen-bond acceptors (Lipinski definition) is 2. The maximum atomic E-state index is 6.22. The first-order valence-electron chi connectivity index (χ1n) is 6.15. The van der Waals surface area contributed by atoms with Gasteiger partial charge in [-0.15, -0.1) is 0 Å². The SMILES string of the molecule is CCOC(Cl)(CCCCC[SiH2]C)OCC. The zero-order chi connectivity index (χ0) is 11.6. The minimum atomic E-state index is -0.868. The molecular formula is C11H25ClO2Si. The van der Waals surface area contributed by atoms with Crippen molar-refractivity contribution in [3.63, 3.8) is 0 Å². The van der Waals surface area contributed by atoms with Gasteiger partial charge in [0.2, 0.25) is 5.25 Å². The molecule has 0 aliphatic rings. The smallest absolute Gasteiger partial charge is 0.248 e. The van der Waals surface area contributed by atoms with Gasteiger partial charge in [0.05, 0.1) is 0 Å². The van der Waals surface area contributed by atoms with Crippen LogP contribution in [0, 0.1) is 0 Å². The average molecular weight is 253 g/mol. The van der Waals surface area contributed by atoms with Gasteiger partial charge in [-0.3, -0.25) is 0 Å². The largest absolute Gasteiger partial charge is 0.338 e. The van der Waals surface area contributed by atoms with Crippen LogP contribution in [0.15, 0.2) is 0 Å². The van der Waals surface area contributed by atoms with Crippen LogP contribution >= 0.6 is 11.6 Å². The van der Waals surface area contributed by atoms with Crippen LogP contribution in [-0.4, -0.2) is 28.0 Å². The summed E-state index contributed by atoms with van der Waals surface area (Å²) < 4.78 is 10.9. The molecule has 0 unspecified atom stereocenters. The van der Waals surface area contributed by atoms with Gasteiger partial charge in [-0.1, -0.05) is 37.0 Å². The fraction of sp³-hybridized carbons (Fsp3) is 1.00. The van der Waals surface area contributed by atoms with Crippen molar-refractivity contribution in [3.8, 4) is 0 Å². The van der Waals surface area contributed by atoms with Gasteiger partial charge in [-0.2, -0.15) is 0 Å². The van der Waals surface area contributed by atoms with Gasteiger partial charge in [0.1, 0.15) is 0 Å². The van der Waals surface area contributed by atoms with Crippen LogP contribution in [0.3, 0.4) is 0 Å². The van der Waals surface area contributed by atoms with Crippen LogP contribution in [0.4, 0.5) is 0 Å². The van der Waals surface area contributed by atoms with Crippen molar-refractivity contribution < 1.29 is 9.47 Å². The Kier molecular flexibility index (Phi) is 9.91. The zero-order valence-corrected chi connectivity index (χ0v) is 12.5. The first-order chi connectivity index (χ1) is 7.18. The highest BCUT2D eigenvalue weighted by atomic mass is 35.5. The molecule has 0 radical (unpaired) electrons. The fourth-order valence-electron chi connectivity index (χ4n) is 1.56. The molecule has 0 aromatic rings. The molecule has 0 N–H and O–H groups in total. The second-order valence-corrected chi connectivity index (χ2v) is 5.97. The molecule has 0 aliphatic carbocycles. The van der Waals surface area contributed by atoms with Gasteiger partial charge in [-0.25, -0.2) is 0 Å². The lowest BCUT2D eigenvalue weighted by Gasteiger charge is -2.26. The van der Waals surface area contributed by atoms with E-state index in [4.69, 9.17) is 21.1 Å².